The zero-order valence-electron chi connectivity index (χ0n) is 18.2. The maximum atomic E-state index is 13.9. The summed E-state index contributed by atoms with van der Waals surface area (Å²) < 4.78 is 97.3. The molecule has 2 aromatic rings. The van der Waals surface area contributed by atoms with E-state index in [0.29, 0.717) is 0 Å². The van der Waals surface area contributed by atoms with Gasteiger partial charge in [0.1, 0.15) is 5.82 Å². The minimum absolute atomic E-state index is 0.0634. The molecule has 2 aliphatic heterocycles. The van der Waals surface area contributed by atoms with E-state index in [9.17, 15) is 40.3 Å². The largest absolute Gasteiger partial charge is 0.416 e. The summed E-state index contributed by atoms with van der Waals surface area (Å²) in [5.74, 6) is -4.14. The van der Waals surface area contributed by atoms with E-state index in [1.165, 1.54) is 6.07 Å². The van der Waals surface area contributed by atoms with Crippen LogP contribution in [0.1, 0.15) is 25.7 Å². The highest BCUT2D eigenvalue weighted by atomic mass is 19.4. The number of piperidine rings is 2. The molecule has 4 rings (SSSR count). The molecule has 0 spiro atoms. The van der Waals surface area contributed by atoms with Crippen LogP contribution in [0, 0.1) is 17.7 Å². The number of likely N-dealkylation sites (tertiary alicyclic amines) is 2. The Bertz CT molecular complexity index is 1100. The van der Waals surface area contributed by atoms with Crippen molar-refractivity contribution < 1.29 is 45.1 Å². The van der Waals surface area contributed by atoms with Crippen LogP contribution < -0.4 is 4.74 Å². The van der Waals surface area contributed by atoms with E-state index >= 15 is 0 Å². The lowest BCUT2D eigenvalue weighted by atomic mass is 9.96. The SMILES string of the molecule is O=C(Oc1nn(C(=O)N2CCC(C(F)(F)F)CC2)c2cc(F)ccc12)N1CCC(C(F)(F)F)CC1. The molecule has 2 fully saturated rings. The van der Waals surface area contributed by atoms with Gasteiger partial charge in [-0.2, -0.15) is 31.0 Å². The molecule has 14 heteroatoms. The number of ether oxygens (including phenoxy) is 1. The standard InChI is InChI=1S/C21H21F7N4O3/c22-14-1-2-15-16(11-14)32(18(33)30-7-3-12(4-8-30)20(23,24)25)29-17(15)35-19(34)31-9-5-13(6-10-31)21(26,27)28/h1-2,11-13H,3-10H2. The number of hydrogen-bond donors (Lipinski definition) is 0. The number of alkyl halides is 6. The fourth-order valence-corrected chi connectivity index (χ4v) is 4.35. The first-order valence-electron chi connectivity index (χ1n) is 10.9. The normalized spacial score (nSPS) is 18.8. The van der Waals surface area contributed by atoms with Crippen LogP contribution >= 0.6 is 0 Å². The van der Waals surface area contributed by atoms with Crippen molar-refractivity contribution in [1.29, 1.82) is 0 Å². The van der Waals surface area contributed by atoms with E-state index in [1.807, 2.05) is 0 Å². The molecule has 2 amide bonds. The molecule has 0 bridgehead atoms. The number of halogens is 7. The van der Waals surface area contributed by atoms with Gasteiger partial charge in [0.05, 0.1) is 22.7 Å². The van der Waals surface area contributed by atoms with Crippen molar-refractivity contribution in [2.45, 2.75) is 38.0 Å². The smallest absolute Gasteiger partial charge is 0.389 e. The maximum absolute atomic E-state index is 13.9. The first-order chi connectivity index (χ1) is 16.3. The van der Waals surface area contributed by atoms with Crippen LogP contribution in [0.2, 0.25) is 0 Å². The second-order valence-electron chi connectivity index (χ2n) is 8.63. The molecule has 35 heavy (non-hydrogen) atoms. The summed E-state index contributed by atoms with van der Waals surface area (Å²) in [4.78, 5) is 27.7. The number of benzene rings is 1. The van der Waals surface area contributed by atoms with Crippen molar-refractivity contribution in [1.82, 2.24) is 19.6 Å². The van der Waals surface area contributed by atoms with E-state index in [0.717, 1.165) is 26.6 Å². The Morgan fingerprint density at radius 3 is 1.89 bits per heavy atom. The van der Waals surface area contributed by atoms with Crippen LogP contribution in [0.3, 0.4) is 0 Å². The summed E-state index contributed by atoms with van der Waals surface area (Å²) in [6, 6.07) is 2.42. The van der Waals surface area contributed by atoms with Crippen molar-refractivity contribution in [2.75, 3.05) is 26.2 Å². The van der Waals surface area contributed by atoms with E-state index in [-0.39, 0.29) is 68.6 Å². The van der Waals surface area contributed by atoms with Crippen molar-refractivity contribution in [3.8, 4) is 5.88 Å². The minimum Gasteiger partial charge on any atom is -0.389 e. The summed E-state index contributed by atoms with van der Waals surface area (Å²) in [5, 5.41) is 4.04. The number of aromatic nitrogens is 2. The van der Waals surface area contributed by atoms with Gasteiger partial charge in [-0.25, -0.2) is 14.0 Å². The number of hydrogen-bond acceptors (Lipinski definition) is 4. The van der Waals surface area contributed by atoms with Gasteiger partial charge in [-0.1, -0.05) is 0 Å². The molecule has 0 aliphatic carbocycles. The third-order valence-corrected chi connectivity index (χ3v) is 6.42. The molecule has 1 aromatic heterocycles. The third kappa shape index (κ3) is 5.30. The summed E-state index contributed by atoms with van der Waals surface area (Å²) in [6.45, 7) is -0.765. The van der Waals surface area contributed by atoms with E-state index in [2.05, 4.69) is 5.10 Å². The van der Waals surface area contributed by atoms with Crippen LogP contribution in [-0.2, 0) is 0 Å². The van der Waals surface area contributed by atoms with Gasteiger partial charge in [0.15, 0.2) is 0 Å². The van der Waals surface area contributed by atoms with Gasteiger partial charge in [0.2, 0.25) is 0 Å². The average Bonchev–Trinajstić information content (AvgIpc) is 3.14. The Hall–Kier alpha value is -3.06. The Kier molecular flexibility index (Phi) is 6.58. The number of rotatable bonds is 1. The van der Waals surface area contributed by atoms with Gasteiger partial charge >= 0.3 is 24.5 Å². The Morgan fingerprint density at radius 1 is 0.857 bits per heavy atom. The van der Waals surface area contributed by atoms with Gasteiger partial charge in [0.25, 0.3) is 5.88 Å². The second kappa shape index (κ2) is 9.19. The Labute approximate surface area is 194 Å². The number of fused-ring (bicyclic) bond motifs is 1. The predicted molar refractivity (Wildman–Crippen MR) is 107 cm³/mol. The molecule has 0 unspecified atom stereocenters. The highest BCUT2D eigenvalue weighted by Crippen LogP contribution is 2.36. The molecule has 1 aromatic carbocycles. The lowest BCUT2D eigenvalue weighted by molar-refractivity contribution is -0.184. The molecule has 2 saturated heterocycles. The van der Waals surface area contributed by atoms with Gasteiger partial charge in [0, 0.05) is 32.2 Å². The van der Waals surface area contributed by atoms with Crippen molar-refractivity contribution >= 4 is 23.0 Å². The van der Waals surface area contributed by atoms with Gasteiger partial charge in [-0.3, -0.25) is 0 Å². The summed E-state index contributed by atoms with van der Waals surface area (Å²) in [5.41, 5.74) is -0.0634. The molecular formula is C21H21F7N4O3. The highest BCUT2D eigenvalue weighted by Gasteiger charge is 2.43. The number of nitrogens with zero attached hydrogens (tertiary/aromatic N) is 4. The number of carbonyl (C=O) groups is 2. The minimum atomic E-state index is -4.37. The Morgan fingerprint density at radius 2 is 1.37 bits per heavy atom. The second-order valence-corrected chi connectivity index (χ2v) is 8.63. The van der Waals surface area contributed by atoms with Crippen molar-refractivity contribution in [3.05, 3.63) is 24.0 Å². The average molecular weight is 510 g/mol. The van der Waals surface area contributed by atoms with Crippen LogP contribution in [-0.4, -0.2) is 70.2 Å². The van der Waals surface area contributed by atoms with E-state index < -0.39 is 42.1 Å². The predicted octanol–water partition coefficient (Wildman–Crippen LogP) is 5.19. The zero-order valence-corrected chi connectivity index (χ0v) is 18.2. The Balaban J connectivity index is 1.51. The van der Waals surface area contributed by atoms with Gasteiger partial charge in [-0.05, 0) is 37.8 Å². The topological polar surface area (TPSA) is 67.7 Å². The number of amides is 2. The maximum Gasteiger partial charge on any atom is 0.416 e. The fourth-order valence-electron chi connectivity index (χ4n) is 4.35. The lowest BCUT2D eigenvalue weighted by Crippen LogP contribution is -2.44. The fraction of sp³-hybridized carbons (Fsp3) is 0.571. The third-order valence-electron chi connectivity index (χ3n) is 6.42. The molecule has 0 radical (unpaired) electrons. The molecule has 192 valence electrons. The van der Waals surface area contributed by atoms with Gasteiger partial charge in [-0.15, -0.1) is 5.10 Å². The first kappa shape index (κ1) is 25.0. The van der Waals surface area contributed by atoms with E-state index in [4.69, 9.17) is 4.74 Å². The van der Waals surface area contributed by atoms with Gasteiger partial charge < -0.3 is 14.5 Å². The molecule has 0 saturated carbocycles. The van der Waals surface area contributed by atoms with Crippen molar-refractivity contribution in [3.63, 3.8) is 0 Å². The molecule has 7 nitrogen and oxygen atoms in total. The molecular weight excluding hydrogens is 489 g/mol. The van der Waals surface area contributed by atoms with Crippen LogP contribution in [0.25, 0.3) is 10.9 Å². The van der Waals surface area contributed by atoms with Crippen LogP contribution in [0.15, 0.2) is 18.2 Å². The summed E-state index contributed by atoms with van der Waals surface area (Å²) >= 11 is 0. The van der Waals surface area contributed by atoms with E-state index in [1.54, 1.807) is 0 Å². The monoisotopic (exact) mass is 510 g/mol. The quantitative estimate of drug-likeness (QED) is 0.496. The summed E-state index contributed by atoms with van der Waals surface area (Å²) in [7, 11) is 0. The summed E-state index contributed by atoms with van der Waals surface area (Å²) in [6.07, 6.45) is -10.9. The van der Waals surface area contributed by atoms with Crippen LogP contribution in [0.4, 0.5) is 40.3 Å². The number of carbonyl (C=O) groups excluding carboxylic acids is 2. The lowest BCUT2D eigenvalue weighted by Gasteiger charge is -2.32. The first-order valence-corrected chi connectivity index (χ1v) is 10.9. The molecule has 3 heterocycles. The molecule has 2 aliphatic rings. The highest BCUT2D eigenvalue weighted by molar-refractivity contribution is 5.94. The molecule has 0 N–H and O–H groups in total. The van der Waals surface area contributed by atoms with Crippen LogP contribution in [0.5, 0.6) is 5.88 Å². The zero-order chi connectivity index (χ0) is 25.5. The van der Waals surface area contributed by atoms with Crippen molar-refractivity contribution in [2.24, 2.45) is 11.8 Å². The molecule has 0 atom stereocenters.